The summed E-state index contributed by atoms with van der Waals surface area (Å²) in [6, 6.07) is 5.13. The quantitative estimate of drug-likeness (QED) is 0.213. The highest BCUT2D eigenvalue weighted by atomic mass is 32.2. The molecule has 3 aromatic heterocycles. The summed E-state index contributed by atoms with van der Waals surface area (Å²) >= 11 is 1.23. The zero-order valence-electron chi connectivity index (χ0n) is 16.7. The Labute approximate surface area is 192 Å². The molecule has 34 heavy (non-hydrogen) atoms. The predicted octanol–water partition coefficient (Wildman–Crippen LogP) is 5.11. The van der Waals surface area contributed by atoms with E-state index < -0.39 is 49.8 Å². The Morgan fingerprint density at radius 3 is 2.47 bits per heavy atom. The van der Waals surface area contributed by atoms with Crippen molar-refractivity contribution in [3.8, 4) is 33.5 Å². The monoisotopic (exact) mass is 512 g/mol. The highest BCUT2D eigenvalue weighted by molar-refractivity contribution is 7.88. The van der Waals surface area contributed by atoms with Crippen molar-refractivity contribution in [1.29, 1.82) is 5.26 Å². The van der Waals surface area contributed by atoms with Gasteiger partial charge >= 0.3 is 15.6 Å². The third-order valence-corrected chi connectivity index (χ3v) is 6.50. The van der Waals surface area contributed by atoms with E-state index in [2.05, 4.69) is 19.1 Å². The SMILES string of the molecule is Cc1ncsc1-c1cnc2c(-c3ccc(F)cc3F)c(C#N)c(OS(=O)(=O)C(F)(F)F)nc2c1. The molecule has 0 radical (unpaired) electrons. The molecule has 0 aliphatic heterocycles. The van der Waals surface area contributed by atoms with Crippen LogP contribution in [0.2, 0.25) is 0 Å². The van der Waals surface area contributed by atoms with Crippen LogP contribution in [0.25, 0.3) is 32.6 Å². The molecular weight excluding hydrogens is 503 g/mol. The van der Waals surface area contributed by atoms with Crippen molar-refractivity contribution in [2.24, 2.45) is 0 Å². The normalized spacial score (nSPS) is 12.0. The van der Waals surface area contributed by atoms with Crippen LogP contribution < -0.4 is 4.18 Å². The Morgan fingerprint density at radius 1 is 1.15 bits per heavy atom. The van der Waals surface area contributed by atoms with Crippen molar-refractivity contribution in [2.45, 2.75) is 12.4 Å². The zero-order valence-corrected chi connectivity index (χ0v) is 18.3. The highest BCUT2D eigenvalue weighted by Gasteiger charge is 2.49. The molecule has 0 N–H and O–H groups in total. The highest BCUT2D eigenvalue weighted by Crippen LogP contribution is 2.39. The van der Waals surface area contributed by atoms with Gasteiger partial charge in [0.05, 0.1) is 27.1 Å². The second kappa shape index (κ2) is 8.26. The average molecular weight is 512 g/mol. The molecule has 0 aliphatic rings. The van der Waals surface area contributed by atoms with E-state index in [9.17, 15) is 35.6 Å². The first-order valence-corrected chi connectivity index (χ1v) is 11.3. The molecule has 4 rings (SSSR count). The van der Waals surface area contributed by atoms with E-state index in [4.69, 9.17) is 0 Å². The van der Waals surface area contributed by atoms with Gasteiger partial charge in [0.1, 0.15) is 23.3 Å². The van der Waals surface area contributed by atoms with E-state index in [1.54, 1.807) is 12.4 Å². The van der Waals surface area contributed by atoms with Gasteiger partial charge < -0.3 is 4.18 Å². The van der Waals surface area contributed by atoms with Gasteiger partial charge in [-0.3, -0.25) is 4.98 Å². The van der Waals surface area contributed by atoms with Gasteiger partial charge in [-0.05, 0) is 25.1 Å². The summed E-state index contributed by atoms with van der Waals surface area (Å²) in [5, 5.41) is 9.63. The predicted molar refractivity (Wildman–Crippen MR) is 111 cm³/mol. The molecule has 4 aromatic rings. The Balaban J connectivity index is 2.08. The van der Waals surface area contributed by atoms with E-state index in [0.29, 0.717) is 22.2 Å². The lowest BCUT2D eigenvalue weighted by molar-refractivity contribution is -0.0501. The van der Waals surface area contributed by atoms with E-state index in [1.807, 2.05) is 0 Å². The first kappa shape index (κ1) is 23.5. The fourth-order valence-electron chi connectivity index (χ4n) is 3.09. The summed E-state index contributed by atoms with van der Waals surface area (Å²) in [5.74, 6) is -3.35. The van der Waals surface area contributed by atoms with Crippen molar-refractivity contribution in [1.82, 2.24) is 15.0 Å². The minimum Gasteiger partial charge on any atom is -0.354 e. The molecule has 0 aliphatic carbocycles. The second-order valence-corrected chi connectivity index (χ2v) is 9.14. The van der Waals surface area contributed by atoms with Crippen LogP contribution in [0.3, 0.4) is 0 Å². The maximum atomic E-state index is 14.7. The van der Waals surface area contributed by atoms with Gasteiger partial charge in [-0.1, -0.05) is 0 Å². The van der Waals surface area contributed by atoms with Crippen molar-refractivity contribution < 1.29 is 34.6 Å². The van der Waals surface area contributed by atoms with Crippen LogP contribution in [0.4, 0.5) is 22.0 Å². The van der Waals surface area contributed by atoms with E-state index >= 15 is 0 Å². The summed E-state index contributed by atoms with van der Waals surface area (Å²) in [6.45, 7) is 1.70. The van der Waals surface area contributed by atoms with Gasteiger partial charge in [-0.15, -0.1) is 11.3 Å². The van der Waals surface area contributed by atoms with Crippen LogP contribution >= 0.6 is 11.3 Å². The first-order chi connectivity index (χ1) is 15.9. The number of rotatable bonds is 4. The number of pyridine rings is 2. The van der Waals surface area contributed by atoms with Crippen molar-refractivity contribution in [3.05, 3.63) is 58.9 Å². The summed E-state index contributed by atoms with van der Waals surface area (Å²) in [5.41, 5.74) is -5.25. The third-order valence-electron chi connectivity index (χ3n) is 4.58. The van der Waals surface area contributed by atoms with Crippen molar-refractivity contribution >= 4 is 32.5 Å². The number of aryl methyl sites for hydroxylation is 1. The Kier molecular flexibility index (Phi) is 5.70. The molecular formula is C20H9F5N4O3S2. The standard InChI is InChI=1S/C20H9F5N4O3S2/c1-9-18(33-8-28-9)10-4-15-17(27-7-10)16(12-3-2-11(21)5-14(12)22)13(6-26)19(29-15)32-34(30,31)20(23,24)25/h2-5,7-8H,1H3. The van der Waals surface area contributed by atoms with Crippen LogP contribution in [0, 0.1) is 29.9 Å². The van der Waals surface area contributed by atoms with E-state index in [0.717, 1.165) is 12.1 Å². The van der Waals surface area contributed by atoms with Gasteiger partial charge in [0.25, 0.3) is 5.88 Å². The Bertz CT molecular complexity index is 1590. The van der Waals surface area contributed by atoms with E-state index in [-0.39, 0.29) is 11.0 Å². The van der Waals surface area contributed by atoms with Crippen molar-refractivity contribution in [3.63, 3.8) is 0 Å². The minimum atomic E-state index is -6.22. The molecule has 14 heteroatoms. The van der Waals surface area contributed by atoms with Crippen molar-refractivity contribution in [2.75, 3.05) is 0 Å². The third kappa shape index (κ3) is 4.03. The number of halogens is 5. The summed E-state index contributed by atoms with van der Waals surface area (Å²) in [6.07, 6.45) is 1.35. The Hall–Kier alpha value is -3.70. The second-order valence-electron chi connectivity index (χ2n) is 6.74. The summed E-state index contributed by atoms with van der Waals surface area (Å²) in [4.78, 5) is 12.7. The smallest absolute Gasteiger partial charge is 0.354 e. The first-order valence-electron chi connectivity index (χ1n) is 9.03. The zero-order chi connectivity index (χ0) is 24.8. The van der Waals surface area contributed by atoms with Gasteiger partial charge in [0, 0.05) is 29.0 Å². The molecule has 7 nitrogen and oxygen atoms in total. The molecule has 3 heterocycles. The number of thiazole rings is 1. The van der Waals surface area contributed by atoms with Crippen LogP contribution in [0.1, 0.15) is 11.3 Å². The molecule has 0 spiro atoms. The number of hydrogen-bond donors (Lipinski definition) is 0. The molecule has 1 aromatic carbocycles. The average Bonchev–Trinajstić information content (AvgIpc) is 3.17. The largest absolute Gasteiger partial charge is 0.534 e. The topological polar surface area (TPSA) is 106 Å². The molecule has 0 bridgehead atoms. The number of hydrogen-bond acceptors (Lipinski definition) is 8. The molecule has 0 fully saturated rings. The van der Waals surface area contributed by atoms with Crippen LogP contribution in [-0.4, -0.2) is 28.9 Å². The lowest BCUT2D eigenvalue weighted by Crippen LogP contribution is -2.28. The fourth-order valence-corrected chi connectivity index (χ4v) is 4.30. The maximum absolute atomic E-state index is 14.7. The van der Waals surface area contributed by atoms with Crippen LogP contribution in [0.5, 0.6) is 5.88 Å². The van der Waals surface area contributed by atoms with Gasteiger partial charge in [0.2, 0.25) is 0 Å². The number of nitrogens with zero attached hydrogens (tertiary/aromatic N) is 4. The maximum Gasteiger partial charge on any atom is 0.534 e. The van der Waals surface area contributed by atoms with Crippen LogP contribution in [-0.2, 0) is 10.1 Å². The minimum absolute atomic E-state index is 0.148. The van der Waals surface area contributed by atoms with Crippen LogP contribution in [0.15, 0.2) is 36.0 Å². The Morgan fingerprint density at radius 2 is 1.88 bits per heavy atom. The molecule has 0 saturated heterocycles. The number of nitriles is 1. The van der Waals surface area contributed by atoms with Gasteiger partial charge in [0.15, 0.2) is 0 Å². The van der Waals surface area contributed by atoms with E-state index in [1.165, 1.54) is 29.7 Å². The number of alkyl halides is 3. The number of aromatic nitrogens is 3. The molecule has 0 saturated carbocycles. The molecule has 0 amide bonds. The molecule has 174 valence electrons. The fraction of sp³-hybridized carbons (Fsp3) is 0.100. The lowest BCUT2D eigenvalue weighted by atomic mass is 9.98. The lowest BCUT2D eigenvalue weighted by Gasteiger charge is -2.15. The number of fused-ring (bicyclic) bond motifs is 1. The molecule has 0 atom stereocenters. The number of benzene rings is 1. The summed E-state index contributed by atoms with van der Waals surface area (Å²) in [7, 11) is -6.22. The molecule has 0 unspecified atom stereocenters. The summed E-state index contributed by atoms with van der Waals surface area (Å²) < 4.78 is 94.4. The van der Waals surface area contributed by atoms with Gasteiger partial charge in [-0.2, -0.15) is 26.9 Å². The van der Waals surface area contributed by atoms with Gasteiger partial charge in [-0.25, -0.2) is 18.7 Å².